The number of rotatable bonds is 2. The van der Waals surface area contributed by atoms with Crippen LogP contribution in [0, 0.1) is 0 Å². The Balaban J connectivity index is 1.83. The van der Waals surface area contributed by atoms with E-state index in [4.69, 9.17) is 0 Å². The van der Waals surface area contributed by atoms with Crippen LogP contribution in [-0.2, 0) is 4.79 Å². The third-order valence-corrected chi connectivity index (χ3v) is 2.65. The van der Waals surface area contributed by atoms with E-state index >= 15 is 0 Å². The number of nitrogens with one attached hydrogen (secondary N) is 2. The van der Waals surface area contributed by atoms with Crippen molar-refractivity contribution < 1.29 is 4.79 Å². The molecule has 4 nitrogen and oxygen atoms in total. The van der Waals surface area contributed by atoms with E-state index in [9.17, 15) is 4.79 Å². The van der Waals surface area contributed by atoms with Crippen molar-refractivity contribution >= 4 is 5.91 Å². The zero-order valence-corrected chi connectivity index (χ0v) is 7.34. The number of carbonyl (C=O) groups is 1. The molecule has 2 aliphatic rings. The molecule has 0 bridgehead atoms. The van der Waals surface area contributed by atoms with Gasteiger partial charge in [0.05, 0.1) is 6.04 Å². The van der Waals surface area contributed by atoms with Crippen molar-refractivity contribution in [3.8, 4) is 0 Å². The van der Waals surface area contributed by atoms with Gasteiger partial charge >= 0.3 is 0 Å². The van der Waals surface area contributed by atoms with Crippen molar-refractivity contribution in [2.75, 3.05) is 26.7 Å². The maximum atomic E-state index is 11.4. The molecule has 0 aromatic carbocycles. The first-order valence-corrected chi connectivity index (χ1v) is 4.49. The predicted octanol–water partition coefficient (Wildman–Crippen LogP) is -1.22. The summed E-state index contributed by atoms with van der Waals surface area (Å²) in [6.07, 6.45) is 0.964. The lowest BCUT2D eigenvalue weighted by Gasteiger charge is -2.30. The van der Waals surface area contributed by atoms with Crippen molar-refractivity contribution in [1.29, 1.82) is 0 Å². The van der Waals surface area contributed by atoms with Crippen molar-refractivity contribution in [2.45, 2.75) is 18.5 Å². The van der Waals surface area contributed by atoms with Gasteiger partial charge in [0.15, 0.2) is 0 Å². The Labute approximate surface area is 72.3 Å². The monoisotopic (exact) mass is 169 g/mol. The molecule has 0 aromatic heterocycles. The lowest BCUT2D eigenvalue weighted by Crippen LogP contribution is -2.59. The molecule has 12 heavy (non-hydrogen) atoms. The summed E-state index contributed by atoms with van der Waals surface area (Å²) in [5, 5.41) is 6.52. The molecule has 2 heterocycles. The van der Waals surface area contributed by atoms with Gasteiger partial charge in [-0.25, -0.2) is 0 Å². The number of carbonyl (C=O) groups excluding carboxylic acids is 1. The van der Waals surface area contributed by atoms with Crippen LogP contribution in [0.4, 0.5) is 0 Å². The van der Waals surface area contributed by atoms with Crippen molar-refractivity contribution in [1.82, 2.24) is 15.5 Å². The summed E-state index contributed by atoms with van der Waals surface area (Å²) in [6.45, 7) is 2.91. The van der Waals surface area contributed by atoms with E-state index in [-0.39, 0.29) is 11.9 Å². The van der Waals surface area contributed by atoms with Gasteiger partial charge in [-0.15, -0.1) is 0 Å². The third-order valence-electron chi connectivity index (χ3n) is 2.65. The highest BCUT2D eigenvalue weighted by Gasteiger charge is 2.31. The molecule has 0 spiro atoms. The van der Waals surface area contributed by atoms with Crippen LogP contribution in [0.25, 0.3) is 0 Å². The predicted molar refractivity (Wildman–Crippen MR) is 45.8 cm³/mol. The fraction of sp³-hybridized carbons (Fsp3) is 0.875. The van der Waals surface area contributed by atoms with Crippen molar-refractivity contribution in [3.05, 3.63) is 0 Å². The molecule has 0 aromatic rings. The zero-order valence-electron chi connectivity index (χ0n) is 7.34. The average Bonchev–Trinajstić information content (AvgIpc) is 2.27. The lowest BCUT2D eigenvalue weighted by atomic mass is 10.1. The number of amides is 1. The highest BCUT2D eigenvalue weighted by molar-refractivity contribution is 5.83. The maximum absolute atomic E-state index is 11.4. The van der Waals surface area contributed by atoms with Crippen LogP contribution in [0.1, 0.15) is 6.42 Å². The summed E-state index contributed by atoms with van der Waals surface area (Å²) in [7, 11) is 1.86. The second-order valence-electron chi connectivity index (χ2n) is 3.62. The minimum Gasteiger partial charge on any atom is -0.344 e. The van der Waals surface area contributed by atoms with E-state index in [1.807, 2.05) is 7.05 Å². The first kappa shape index (κ1) is 8.01. The molecule has 68 valence electrons. The third kappa shape index (κ3) is 1.32. The molecular formula is C8H15N3O. The molecule has 2 fully saturated rings. The molecule has 2 N–H and O–H groups in total. The normalized spacial score (nSPS) is 30.9. The van der Waals surface area contributed by atoms with E-state index in [0.717, 1.165) is 26.1 Å². The fourth-order valence-electron chi connectivity index (χ4n) is 1.67. The van der Waals surface area contributed by atoms with Crippen LogP contribution in [0.3, 0.4) is 0 Å². The van der Waals surface area contributed by atoms with Gasteiger partial charge in [0.2, 0.25) is 5.91 Å². The van der Waals surface area contributed by atoms with Crippen LogP contribution in [-0.4, -0.2) is 49.6 Å². The van der Waals surface area contributed by atoms with Gasteiger partial charge < -0.3 is 15.5 Å². The molecule has 1 atom stereocenters. The zero-order chi connectivity index (χ0) is 8.55. The topological polar surface area (TPSA) is 44.4 Å². The standard InChI is InChI=1S/C8H15N3O/c1-11-3-2-7(8(11)12)10-6-4-9-5-6/h6-7,9-10H,2-5H2,1H3. The van der Waals surface area contributed by atoms with Crippen LogP contribution in [0.2, 0.25) is 0 Å². The second-order valence-corrected chi connectivity index (χ2v) is 3.62. The van der Waals surface area contributed by atoms with Gasteiger partial charge in [-0.1, -0.05) is 0 Å². The maximum Gasteiger partial charge on any atom is 0.239 e. The molecular weight excluding hydrogens is 154 g/mol. The molecule has 2 rings (SSSR count). The van der Waals surface area contributed by atoms with Crippen LogP contribution >= 0.6 is 0 Å². The molecule has 4 heteroatoms. The Morgan fingerprint density at radius 3 is 2.75 bits per heavy atom. The molecule has 2 aliphatic heterocycles. The van der Waals surface area contributed by atoms with Gasteiger partial charge in [0, 0.05) is 32.7 Å². The fourth-order valence-corrected chi connectivity index (χ4v) is 1.67. The Bertz CT molecular complexity index is 191. The van der Waals surface area contributed by atoms with E-state index in [1.54, 1.807) is 4.90 Å². The summed E-state index contributed by atoms with van der Waals surface area (Å²) in [5.74, 6) is 0.252. The molecule has 1 unspecified atom stereocenters. The molecule has 0 saturated carbocycles. The number of hydrogen-bond acceptors (Lipinski definition) is 3. The van der Waals surface area contributed by atoms with Crippen LogP contribution in [0.15, 0.2) is 0 Å². The smallest absolute Gasteiger partial charge is 0.239 e. The first-order valence-electron chi connectivity index (χ1n) is 4.49. The molecule has 0 aliphatic carbocycles. The molecule has 2 saturated heterocycles. The van der Waals surface area contributed by atoms with Crippen molar-refractivity contribution in [2.24, 2.45) is 0 Å². The minimum atomic E-state index is 0.0853. The molecule has 0 radical (unpaired) electrons. The SMILES string of the molecule is CN1CCC(NC2CNC2)C1=O. The number of nitrogens with zero attached hydrogens (tertiary/aromatic N) is 1. The van der Waals surface area contributed by atoms with E-state index in [1.165, 1.54) is 0 Å². The average molecular weight is 169 g/mol. The highest BCUT2D eigenvalue weighted by Crippen LogP contribution is 2.09. The highest BCUT2D eigenvalue weighted by atomic mass is 16.2. The number of likely N-dealkylation sites (tertiary alicyclic amines) is 1. The first-order chi connectivity index (χ1) is 5.77. The number of hydrogen-bond donors (Lipinski definition) is 2. The van der Waals surface area contributed by atoms with E-state index in [0.29, 0.717) is 6.04 Å². The molecule has 1 amide bonds. The number of likely N-dealkylation sites (N-methyl/N-ethyl adjacent to an activating group) is 1. The van der Waals surface area contributed by atoms with Crippen LogP contribution < -0.4 is 10.6 Å². The van der Waals surface area contributed by atoms with Gasteiger partial charge in [0.1, 0.15) is 0 Å². The van der Waals surface area contributed by atoms with E-state index < -0.39 is 0 Å². The summed E-state index contributed by atoms with van der Waals surface area (Å²) in [6, 6.07) is 0.604. The minimum absolute atomic E-state index is 0.0853. The summed E-state index contributed by atoms with van der Waals surface area (Å²) >= 11 is 0. The summed E-state index contributed by atoms with van der Waals surface area (Å²) in [5.41, 5.74) is 0. The van der Waals surface area contributed by atoms with Gasteiger partial charge in [-0.05, 0) is 6.42 Å². The van der Waals surface area contributed by atoms with Gasteiger partial charge in [-0.2, -0.15) is 0 Å². The van der Waals surface area contributed by atoms with E-state index in [2.05, 4.69) is 10.6 Å². The Kier molecular flexibility index (Phi) is 2.02. The largest absolute Gasteiger partial charge is 0.344 e. The Morgan fingerprint density at radius 2 is 2.33 bits per heavy atom. The lowest BCUT2D eigenvalue weighted by molar-refractivity contribution is -0.128. The Morgan fingerprint density at radius 1 is 1.58 bits per heavy atom. The summed E-state index contributed by atoms with van der Waals surface area (Å²) < 4.78 is 0. The van der Waals surface area contributed by atoms with Gasteiger partial charge in [-0.3, -0.25) is 4.79 Å². The van der Waals surface area contributed by atoms with Crippen LogP contribution in [0.5, 0.6) is 0 Å². The second kappa shape index (κ2) is 3.03. The quantitative estimate of drug-likeness (QED) is 0.544. The van der Waals surface area contributed by atoms with Crippen molar-refractivity contribution in [3.63, 3.8) is 0 Å². The summed E-state index contributed by atoms with van der Waals surface area (Å²) in [4.78, 5) is 13.2. The van der Waals surface area contributed by atoms with Gasteiger partial charge in [0.25, 0.3) is 0 Å². The Hall–Kier alpha value is -0.610.